The molecule has 4 N–H and O–H groups in total. The number of carbonyl (C=O) groups is 2. The monoisotopic (exact) mass is 572 g/mol. The summed E-state index contributed by atoms with van der Waals surface area (Å²) in [7, 11) is 0. The van der Waals surface area contributed by atoms with Gasteiger partial charge in [0.25, 0.3) is 0 Å². The second kappa shape index (κ2) is 17.9. The molecule has 228 valence electrons. The zero-order valence-electron chi connectivity index (χ0n) is 25.7. The molecule has 8 heteroatoms. The van der Waals surface area contributed by atoms with Crippen molar-refractivity contribution >= 4 is 11.9 Å². The highest BCUT2D eigenvalue weighted by Crippen LogP contribution is 2.33. The van der Waals surface area contributed by atoms with Gasteiger partial charge in [-0.25, -0.2) is 9.59 Å². The summed E-state index contributed by atoms with van der Waals surface area (Å²) in [4.78, 5) is 20.4. The lowest BCUT2D eigenvalue weighted by Gasteiger charge is -2.26. The van der Waals surface area contributed by atoms with Crippen LogP contribution in [0.5, 0.6) is 11.5 Å². The van der Waals surface area contributed by atoms with Crippen molar-refractivity contribution < 1.29 is 39.5 Å². The molecule has 0 aromatic heterocycles. The smallest absolute Gasteiger partial charge is 0.333 e. The number of hydrogen-bond acceptors (Lipinski definition) is 7. The number of carboxylic acids is 1. The fraction of sp³-hybridized carbons (Fsp3) is 0.455. The van der Waals surface area contributed by atoms with Gasteiger partial charge in [0.05, 0.1) is 12.2 Å². The molecule has 0 saturated carbocycles. The summed E-state index contributed by atoms with van der Waals surface area (Å²) in [5.41, 5.74) is 2.67. The quantitative estimate of drug-likeness (QED) is 0.194. The number of phenols is 1. The normalized spacial score (nSPS) is 12.2. The van der Waals surface area contributed by atoms with E-state index < -0.39 is 24.1 Å². The standard InChI is InChI=1S/C20H26O3.C9H16O3.C4H6O2/c1-14(2)19(22)13-23-18-11-7-16(8-12-18)20(3,4)15-5-9-17(21)10-6-15;1-6(2)8(10)5-12-9(11)7(3)4;1-3(2)4(5)6/h5-12,14,19,21-22H,13H2,1-4H3;6,8,10H,3,5H2,1-2,4H3;1H2,2H3,(H,5,6). The van der Waals surface area contributed by atoms with Gasteiger partial charge in [-0.2, -0.15) is 0 Å². The molecule has 0 aliphatic rings. The van der Waals surface area contributed by atoms with Crippen molar-refractivity contribution in [3.8, 4) is 11.5 Å². The molecule has 0 fully saturated rings. The number of aromatic hydroxyl groups is 1. The van der Waals surface area contributed by atoms with Gasteiger partial charge < -0.3 is 29.9 Å². The maximum atomic E-state index is 10.8. The van der Waals surface area contributed by atoms with Crippen LogP contribution in [-0.4, -0.2) is 57.8 Å². The van der Waals surface area contributed by atoms with Crippen LogP contribution in [-0.2, 0) is 19.7 Å². The Morgan fingerprint density at radius 1 is 0.780 bits per heavy atom. The third-order valence-corrected chi connectivity index (χ3v) is 6.22. The first kappa shape index (κ1) is 37.4. The summed E-state index contributed by atoms with van der Waals surface area (Å²) >= 11 is 0. The second-order valence-electron chi connectivity index (χ2n) is 11.1. The van der Waals surface area contributed by atoms with Crippen molar-refractivity contribution in [3.63, 3.8) is 0 Å². The summed E-state index contributed by atoms with van der Waals surface area (Å²) in [6, 6.07) is 15.3. The molecule has 0 heterocycles. The minimum absolute atomic E-state index is 0.0450. The first-order valence-corrected chi connectivity index (χ1v) is 13.5. The molecule has 2 atom stereocenters. The Morgan fingerprint density at radius 3 is 1.54 bits per heavy atom. The number of carbonyl (C=O) groups excluding carboxylic acids is 1. The van der Waals surface area contributed by atoms with Gasteiger partial charge in [-0.1, -0.05) is 79.0 Å². The number of aliphatic carboxylic acids is 1. The summed E-state index contributed by atoms with van der Waals surface area (Å²) in [6.45, 7) is 21.9. The van der Waals surface area contributed by atoms with Crippen LogP contribution in [0.2, 0.25) is 0 Å². The molecule has 0 aliphatic carbocycles. The fourth-order valence-electron chi connectivity index (χ4n) is 2.86. The molecule has 0 bridgehead atoms. The van der Waals surface area contributed by atoms with Crippen LogP contribution < -0.4 is 4.74 Å². The highest BCUT2D eigenvalue weighted by atomic mass is 16.5. The Morgan fingerprint density at radius 2 is 1.17 bits per heavy atom. The predicted molar refractivity (Wildman–Crippen MR) is 162 cm³/mol. The second-order valence-corrected chi connectivity index (χ2v) is 11.1. The number of aliphatic hydroxyl groups is 2. The number of aliphatic hydroxyl groups excluding tert-OH is 2. The lowest BCUT2D eigenvalue weighted by atomic mass is 9.78. The summed E-state index contributed by atoms with van der Waals surface area (Å²) in [6.07, 6.45) is -1.04. The maximum absolute atomic E-state index is 10.8. The molecular formula is C33H48O8. The van der Waals surface area contributed by atoms with Crippen LogP contribution in [0, 0.1) is 11.8 Å². The SMILES string of the molecule is C=C(C)C(=O)O.C=C(C)C(=O)OCC(O)C(C)C.CC(C)C(O)COc1ccc(C(C)(C)c2ccc(O)cc2)cc1. The fourth-order valence-corrected chi connectivity index (χ4v) is 2.86. The summed E-state index contributed by atoms with van der Waals surface area (Å²) in [5.74, 6) is -0.0673. The van der Waals surface area contributed by atoms with Gasteiger partial charge >= 0.3 is 11.9 Å². The zero-order chi connectivity index (χ0) is 31.9. The molecule has 2 aromatic carbocycles. The molecular weight excluding hydrogens is 524 g/mol. The van der Waals surface area contributed by atoms with Crippen molar-refractivity contribution in [3.05, 3.63) is 84.0 Å². The zero-order valence-corrected chi connectivity index (χ0v) is 25.7. The average Bonchev–Trinajstić information content (AvgIpc) is 2.91. The Hall–Kier alpha value is -3.62. The molecule has 0 saturated heterocycles. The van der Waals surface area contributed by atoms with Gasteiger partial charge in [-0.3, -0.25) is 0 Å². The van der Waals surface area contributed by atoms with E-state index in [-0.39, 0.29) is 35.2 Å². The van der Waals surface area contributed by atoms with Crippen LogP contribution in [0.4, 0.5) is 0 Å². The third-order valence-electron chi connectivity index (χ3n) is 6.22. The number of ether oxygens (including phenoxy) is 2. The van der Waals surface area contributed by atoms with Crippen molar-refractivity contribution in [2.45, 2.75) is 73.0 Å². The molecule has 2 aromatic rings. The van der Waals surface area contributed by atoms with E-state index in [1.54, 1.807) is 19.1 Å². The average molecular weight is 573 g/mol. The van der Waals surface area contributed by atoms with Gasteiger partial charge in [0, 0.05) is 16.6 Å². The van der Waals surface area contributed by atoms with Crippen molar-refractivity contribution in [1.82, 2.24) is 0 Å². The molecule has 0 spiro atoms. The molecule has 8 nitrogen and oxygen atoms in total. The number of esters is 1. The van der Waals surface area contributed by atoms with E-state index in [1.165, 1.54) is 12.5 Å². The van der Waals surface area contributed by atoms with E-state index in [4.69, 9.17) is 14.6 Å². The Bertz CT molecular complexity index is 1090. The largest absolute Gasteiger partial charge is 0.508 e. The molecule has 2 rings (SSSR count). The topological polar surface area (TPSA) is 134 Å². The lowest BCUT2D eigenvalue weighted by molar-refractivity contribution is -0.142. The number of rotatable bonds is 11. The van der Waals surface area contributed by atoms with Gasteiger partial charge in [-0.15, -0.1) is 0 Å². The predicted octanol–water partition coefficient (Wildman–Crippen LogP) is 5.88. The van der Waals surface area contributed by atoms with Crippen LogP contribution in [0.15, 0.2) is 72.8 Å². The molecule has 0 aliphatic heterocycles. The van der Waals surface area contributed by atoms with Gasteiger partial charge in [0.1, 0.15) is 24.7 Å². The highest BCUT2D eigenvalue weighted by molar-refractivity contribution is 5.86. The van der Waals surface area contributed by atoms with Gasteiger partial charge in [0.15, 0.2) is 0 Å². The Kier molecular flexibility index (Phi) is 16.4. The summed E-state index contributed by atoms with van der Waals surface area (Å²) < 4.78 is 10.4. The number of benzene rings is 2. The van der Waals surface area contributed by atoms with Crippen molar-refractivity contribution in [2.75, 3.05) is 13.2 Å². The minimum Gasteiger partial charge on any atom is -0.508 e. The van der Waals surface area contributed by atoms with E-state index in [0.717, 1.165) is 11.3 Å². The Labute approximate surface area is 245 Å². The van der Waals surface area contributed by atoms with E-state index in [0.29, 0.717) is 12.2 Å². The summed E-state index contributed by atoms with van der Waals surface area (Å²) in [5, 5.41) is 36.4. The van der Waals surface area contributed by atoms with Crippen LogP contribution in [0.1, 0.15) is 66.5 Å². The van der Waals surface area contributed by atoms with Gasteiger partial charge in [0.2, 0.25) is 0 Å². The van der Waals surface area contributed by atoms with Crippen LogP contribution in [0.3, 0.4) is 0 Å². The van der Waals surface area contributed by atoms with Crippen molar-refractivity contribution in [1.29, 1.82) is 0 Å². The minimum atomic E-state index is -0.935. The van der Waals surface area contributed by atoms with Crippen LogP contribution in [0.25, 0.3) is 0 Å². The van der Waals surface area contributed by atoms with E-state index in [1.807, 2.05) is 64.1 Å². The van der Waals surface area contributed by atoms with Crippen LogP contribution >= 0.6 is 0 Å². The molecule has 0 radical (unpaired) electrons. The molecule has 41 heavy (non-hydrogen) atoms. The van der Waals surface area contributed by atoms with E-state index in [9.17, 15) is 24.9 Å². The number of hydrogen-bond donors (Lipinski definition) is 4. The van der Waals surface area contributed by atoms with Gasteiger partial charge in [-0.05, 0) is 61.1 Å². The third kappa shape index (κ3) is 14.5. The lowest BCUT2D eigenvalue weighted by Crippen LogP contribution is -2.23. The number of carboxylic acid groups (broad SMARTS) is 1. The first-order chi connectivity index (χ1) is 18.9. The highest BCUT2D eigenvalue weighted by Gasteiger charge is 2.23. The first-order valence-electron chi connectivity index (χ1n) is 13.5. The van der Waals surface area contributed by atoms with E-state index >= 15 is 0 Å². The van der Waals surface area contributed by atoms with Crippen molar-refractivity contribution in [2.24, 2.45) is 11.8 Å². The van der Waals surface area contributed by atoms with E-state index in [2.05, 4.69) is 27.0 Å². The molecule has 2 unspecified atom stereocenters. The molecule has 0 amide bonds. The maximum Gasteiger partial charge on any atom is 0.333 e. The Balaban J connectivity index is 0.000000742. The number of phenolic OH excluding ortho intramolecular Hbond substituents is 1.